The number of halogens is 1. The predicted molar refractivity (Wildman–Crippen MR) is 72.5 cm³/mol. The molecular weight excluding hydrogens is 298 g/mol. The molecular formula is C13H16BrNO3. The maximum absolute atomic E-state index is 12.1. The van der Waals surface area contributed by atoms with E-state index in [0.29, 0.717) is 12.1 Å². The highest BCUT2D eigenvalue weighted by molar-refractivity contribution is 9.10. The molecule has 1 aromatic carbocycles. The van der Waals surface area contributed by atoms with Gasteiger partial charge < -0.3 is 9.64 Å². The maximum atomic E-state index is 12.1. The number of benzene rings is 1. The lowest BCUT2D eigenvalue weighted by Crippen LogP contribution is -2.29. The van der Waals surface area contributed by atoms with Crippen LogP contribution in [0.1, 0.15) is 22.3 Å². The van der Waals surface area contributed by atoms with Crippen molar-refractivity contribution in [2.24, 2.45) is 0 Å². The SMILES string of the molecule is COC(=O)CCN(C)C(=O)c1ccc(Br)cc1C. The number of aryl methyl sites for hydroxylation is 1. The Balaban J connectivity index is 2.71. The first-order valence-corrected chi connectivity index (χ1v) is 6.33. The molecule has 0 unspecified atom stereocenters. The summed E-state index contributed by atoms with van der Waals surface area (Å²) in [7, 11) is 3.01. The number of ether oxygens (including phenoxy) is 1. The van der Waals surface area contributed by atoms with Gasteiger partial charge in [0.05, 0.1) is 13.5 Å². The zero-order valence-corrected chi connectivity index (χ0v) is 12.3. The van der Waals surface area contributed by atoms with Crippen LogP contribution in [0, 0.1) is 6.92 Å². The molecule has 0 aliphatic heterocycles. The molecule has 1 amide bonds. The van der Waals surface area contributed by atoms with Crippen LogP contribution in [0.4, 0.5) is 0 Å². The molecule has 0 spiro atoms. The zero-order chi connectivity index (χ0) is 13.7. The van der Waals surface area contributed by atoms with Gasteiger partial charge in [0.15, 0.2) is 0 Å². The summed E-state index contributed by atoms with van der Waals surface area (Å²) in [6, 6.07) is 5.49. The van der Waals surface area contributed by atoms with Crippen LogP contribution in [0.25, 0.3) is 0 Å². The first-order valence-electron chi connectivity index (χ1n) is 5.54. The third kappa shape index (κ3) is 3.84. The summed E-state index contributed by atoms with van der Waals surface area (Å²) < 4.78 is 5.48. The number of esters is 1. The summed E-state index contributed by atoms with van der Waals surface area (Å²) in [5, 5.41) is 0. The van der Waals surface area contributed by atoms with Crippen molar-refractivity contribution in [3.63, 3.8) is 0 Å². The Kier molecular flexibility index (Phi) is 5.34. The molecule has 0 aromatic heterocycles. The van der Waals surface area contributed by atoms with E-state index in [0.717, 1.165) is 10.0 Å². The Hall–Kier alpha value is -1.36. The fourth-order valence-corrected chi connectivity index (χ4v) is 2.01. The van der Waals surface area contributed by atoms with Crippen molar-refractivity contribution < 1.29 is 14.3 Å². The number of carbonyl (C=O) groups excluding carboxylic acids is 2. The predicted octanol–water partition coefficient (Wildman–Crippen LogP) is 2.39. The number of rotatable bonds is 4. The van der Waals surface area contributed by atoms with Crippen molar-refractivity contribution >= 4 is 27.8 Å². The van der Waals surface area contributed by atoms with Gasteiger partial charge in [0.1, 0.15) is 0 Å². The lowest BCUT2D eigenvalue weighted by Gasteiger charge is -2.17. The quantitative estimate of drug-likeness (QED) is 0.802. The summed E-state index contributed by atoms with van der Waals surface area (Å²) in [5.74, 6) is -0.411. The van der Waals surface area contributed by atoms with Crippen LogP contribution in [0.2, 0.25) is 0 Å². The summed E-state index contributed by atoms with van der Waals surface area (Å²) in [4.78, 5) is 24.7. The molecule has 0 heterocycles. The second kappa shape index (κ2) is 6.54. The van der Waals surface area contributed by atoms with Crippen LogP contribution < -0.4 is 0 Å². The largest absolute Gasteiger partial charge is 0.469 e. The van der Waals surface area contributed by atoms with Crippen LogP contribution in [0.5, 0.6) is 0 Å². The summed E-state index contributed by atoms with van der Waals surface area (Å²) in [6.45, 7) is 2.23. The molecule has 0 radical (unpaired) electrons. The van der Waals surface area contributed by atoms with E-state index >= 15 is 0 Å². The van der Waals surface area contributed by atoms with Crippen LogP contribution in [-0.2, 0) is 9.53 Å². The summed E-state index contributed by atoms with van der Waals surface area (Å²) in [6.07, 6.45) is 0.203. The fourth-order valence-electron chi connectivity index (χ4n) is 1.54. The van der Waals surface area contributed by atoms with Crippen molar-refractivity contribution in [2.75, 3.05) is 20.7 Å². The van der Waals surface area contributed by atoms with Crippen LogP contribution in [0.15, 0.2) is 22.7 Å². The van der Waals surface area contributed by atoms with Gasteiger partial charge in [0, 0.05) is 23.6 Å². The van der Waals surface area contributed by atoms with E-state index in [9.17, 15) is 9.59 Å². The topological polar surface area (TPSA) is 46.6 Å². The van der Waals surface area contributed by atoms with Gasteiger partial charge in [-0.15, -0.1) is 0 Å². The van der Waals surface area contributed by atoms with Gasteiger partial charge in [0.2, 0.25) is 0 Å². The zero-order valence-electron chi connectivity index (χ0n) is 10.7. The van der Waals surface area contributed by atoms with Gasteiger partial charge in [-0.3, -0.25) is 9.59 Å². The van der Waals surface area contributed by atoms with Crippen LogP contribution in [0.3, 0.4) is 0 Å². The van der Waals surface area contributed by atoms with Gasteiger partial charge in [-0.1, -0.05) is 15.9 Å². The molecule has 0 atom stereocenters. The van der Waals surface area contributed by atoms with E-state index in [1.165, 1.54) is 12.0 Å². The lowest BCUT2D eigenvalue weighted by atomic mass is 10.1. The molecule has 4 nitrogen and oxygen atoms in total. The molecule has 1 rings (SSSR count). The van der Waals surface area contributed by atoms with E-state index in [1.807, 2.05) is 19.1 Å². The summed E-state index contributed by atoms with van der Waals surface area (Å²) >= 11 is 3.36. The highest BCUT2D eigenvalue weighted by Gasteiger charge is 2.15. The molecule has 0 N–H and O–H groups in total. The Morgan fingerprint density at radius 3 is 2.61 bits per heavy atom. The van der Waals surface area contributed by atoms with Crippen molar-refractivity contribution in [3.05, 3.63) is 33.8 Å². The number of methoxy groups -OCH3 is 1. The van der Waals surface area contributed by atoms with E-state index in [1.54, 1.807) is 13.1 Å². The number of amides is 1. The molecule has 98 valence electrons. The van der Waals surface area contributed by atoms with Crippen molar-refractivity contribution in [2.45, 2.75) is 13.3 Å². The van der Waals surface area contributed by atoms with Crippen molar-refractivity contribution in [1.82, 2.24) is 4.90 Å². The molecule has 0 saturated carbocycles. The second-order valence-electron chi connectivity index (χ2n) is 4.01. The van der Waals surface area contributed by atoms with Gasteiger partial charge in [-0.2, -0.15) is 0 Å². The minimum Gasteiger partial charge on any atom is -0.469 e. The number of hydrogen-bond acceptors (Lipinski definition) is 3. The Labute approximate surface area is 115 Å². The average Bonchev–Trinajstić information content (AvgIpc) is 2.34. The highest BCUT2D eigenvalue weighted by Crippen LogP contribution is 2.17. The normalized spacial score (nSPS) is 10.0. The Morgan fingerprint density at radius 2 is 2.06 bits per heavy atom. The fraction of sp³-hybridized carbons (Fsp3) is 0.385. The van der Waals surface area contributed by atoms with Gasteiger partial charge in [-0.05, 0) is 30.7 Å². The third-order valence-corrected chi connectivity index (χ3v) is 3.14. The van der Waals surface area contributed by atoms with Crippen LogP contribution in [-0.4, -0.2) is 37.5 Å². The van der Waals surface area contributed by atoms with E-state index in [2.05, 4.69) is 20.7 Å². The molecule has 18 heavy (non-hydrogen) atoms. The highest BCUT2D eigenvalue weighted by atomic mass is 79.9. The Morgan fingerprint density at radius 1 is 1.39 bits per heavy atom. The number of nitrogens with zero attached hydrogens (tertiary/aromatic N) is 1. The van der Waals surface area contributed by atoms with E-state index < -0.39 is 0 Å². The smallest absolute Gasteiger partial charge is 0.307 e. The van der Waals surface area contributed by atoms with Crippen molar-refractivity contribution in [3.8, 4) is 0 Å². The third-order valence-electron chi connectivity index (χ3n) is 2.64. The van der Waals surface area contributed by atoms with E-state index in [-0.39, 0.29) is 18.3 Å². The van der Waals surface area contributed by atoms with Crippen LogP contribution >= 0.6 is 15.9 Å². The molecule has 0 fully saturated rings. The lowest BCUT2D eigenvalue weighted by molar-refractivity contribution is -0.140. The average molecular weight is 314 g/mol. The van der Waals surface area contributed by atoms with Gasteiger partial charge in [-0.25, -0.2) is 0 Å². The molecule has 0 bridgehead atoms. The monoisotopic (exact) mass is 313 g/mol. The van der Waals surface area contributed by atoms with E-state index in [4.69, 9.17) is 0 Å². The first kappa shape index (κ1) is 14.7. The molecule has 0 aliphatic carbocycles. The first-order chi connectivity index (χ1) is 8.45. The standard InChI is InChI=1S/C13H16BrNO3/c1-9-8-10(14)4-5-11(9)13(17)15(2)7-6-12(16)18-3/h4-5,8H,6-7H2,1-3H3. The molecule has 5 heteroatoms. The Bertz CT molecular complexity index is 460. The van der Waals surface area contributed by atoms with Gasteiger partial charge in [0.25, 0.3) is 5.91 Å². The molecule has 1 aromatic rings. The van der Waals surface area contributed by atoms with Gasteiger partial charge >= 0.3 is 5.97 Å². The molecule has 0 saturated heterocycles. The molecule has 0 aliphatic rings. The second-order valence-corrected chi connectivity index (χ2v) is 4.93. The minimum absolute atomic E-state index is 0.0936. The van der Waals surface area contributed by atoms with Crippen molar-refractivity contribution in [1.29, 1.82) is 0 Å². The summed E-state index contributed by atoms with van der Waals surface area (Å²) in [5.41, 5.74) is 1.55. The number of carbonyl (C=O) groups is 2. The minimum atomic E-state index is -0.317. The number of hydrogen-bond donors (Lipinski definition) is 0. The maximum Gasteiger partial charge on any atom is 0.307 e.